The molecule has 0 spiro atoms. The summed E-state index contributed by atoms with van der Waals surface area (Å²) >= 11 is 0. The van der Waals surface area contributed by atoms with Crippen molar-refractivity contribution in [3.63, 3.8) is 0 Å². The molecule has 1 nitrogen and oxygen atoms in total. The van der Waals surface area contributed by atoms with Crippen LogP contribution in [0.3, 0.4) is 0 Å². The number of allylic oxidation sites excluding steroid dienone is 1. The Labute approximate surface area is 85.5 Å². The van der Waals surface area contributed by atoms with Crippen LogP contribution < -0.4 is 0 Å². The molecular formula is C13H16O. The fourth-order valence-corrected chi connectivity index (χ4v) is 1.20. The normalized spacial score (nSPS) is 10.6. The third-order valence-electron chi connectivity index (χ3n) is 2.09. The lowest BCUT2D eigenvalue weighted by molar-refractivity contribution is -0.118. The minimum absolute atomic E-state index is 0.336. The highest BCUT2D eigenvalue weighted by molar-refractivity contribution is 5.78. The Bertz CT molecular complexity index is 298. The molecule has 74 valence electrons. The smallest absolute Gasteiger partial charge is 0.132 e. The number of rotatable bonds is 5. The van der Waals surface area contributed by atoms with Crippen molar-refractivity contribution in [3.05, 3.63) is 42.0 Å². The van der Waals surface area contributed by atoms with Gasteiger partial charge < -0.3 is 0 Å². The molecule has 0 amide bonds. The predicted octanol–water partition coefficient (Wildman–Crippen LogP) is 3.46. The quantitative estimate of drug-likeness (QED) is 0.691. The van der Waals surface area contributed by atoms with Crippen LogP contribution in [0.4, 0.5) is 0 Å². The lowest BCUT2D eigenvalue weighted by Gasteiger charge is -1.93. The van der Waals surface area contributed by atoms with Gasteiger partial charge in [0.05, 0.1) is 0 Å². The van der Waals surface area contributed by atoms with Gasteiger partial charge in [-0.05, 0) is 12.0 Å². The van der Waals surface area contributed by atoms with Gasteiger partial charge in [0, 0.05) is 12.8 Å². The summed E-state index contributed by atoms with van der Waals surface area (Å²) in [7, 11) is 0. The van der Waals surface area contributed by atoms with E-state index in [0.29, 0.717) is 18.6 Å². The zero-order chi connectivity index (χ0) is 10.2. The van der Waals surface area contributed by atoms with Crippen LogP contribution in [-0.2, 0) is 4.79 Å². The molecule has 1 heteroatoms. The number of hydrogen-bond donors (Lipinski definition) is 0. The molecule has 1 rings (SSSR count). The average molecular weight is 188 g/mol. The van der Waals surface area contributed by atoms with Gasteiger partial charge in [-0.1, -0.05) is 49.4 Å². The fourth-order valence-electron chi connectivity index (χ4n) is 1.20. The Kier molecular flexibility index (Phi) is 4.70. The van der Waals surface area contributed by atoms with Gasteiger partial charge in [0.25, 0.3) is 0 Å². The van der Waals surface area contributed by atoms with E-state index in [0.717, 1.165) is 6.42 Å². The Hall–Kier alpha value is -1.37. The molecule has 0 aliphatic heterocycles. The van der Waals surface area contributed by atoms with Gasteiger partial charge in [-0.25, -0.2) is 0 Å². The number of ketones is 1. The Morgan fingerprint density at radius 3 is 2.64 bits per heavy atom. The molecule has 1 aromatic carbocycles. The molecule has 14 heavy (non-hydrogen) atoms. The lowest BCUT2D eigenvalue weighted by atomic mass is 10.1. The summed E-state index contributed by atoms with van der Waals surface area (Å²) in [5, 5.41) is 0. The maximum absolute atomic E-state index is 11.0. The van der Waals surface area contributed by atoms with Gasteiger partial charge in [-0.3, -0.25) is 4.79 Å². The minimum Gasteiger partial charge on any atom is -0.300 e. The van der Waals surface area contributed by atoms with Gasteiger partial charge in [0.15, 0.2) is 0 Å². The summed E-state index contributed by atoms with van der Waals surface area (Å²) in [4.78, 5) is 11.0. The Morgan fingerprint density at radius 1 is 1.29 bits per heavy atom. The number of benzene rings is 1. The Balaban J connectivity index is 2.31. The molecule has 0 aliphatic carbocycles. The molecule has 0 N–H and O–H groups in total. The van der Waals surface area contributed by atoms with Crippen molar-refractivity contribution < 1.29 is 4.79 Å². The van der Waals surface area contributed by atoms with Crippen LogP contribution in [0.5, 0.6) is 0 Å². The van der Waals surface area contributed by atoms with Gasteiger partial charge >= 0.3 is 0 Å². The highest BCUT2D eigenvalue weighted by atomic mass is 16.1. The fraction of sp³-hybridized carbons (Fsp3) is 0.308. The van der Waals surface area contributed by atoms with Gasteiger partial charge in [0.1, 0.15) is 5.78 Å². The second-order valence-electron chi connectivity index (χ2n) is 3.24. The second kappa shape index (κ2) is 6.14. The molecule has 1 aromatic rings. The number of hydrogen-bond acceptors (Lipinski definition) is 1. The van der Waals surface area contributed by atoms with E-state index < -0.39 is 0 Å². The largest absolute Gasteiger partial charge is 0.300 e. The van der Waals surface area contributed by atoms with Crippen molar-refractivity contribution in [1.82, 2.24) is 0 Å². The maximum Gasteiger partial charge on any atom is 0.132 e. The second-order valence-corrected chi connectivity index (χ2v) is 3.24. The van der Waals surface area contributed by atoms with Gasteiger partial charge in [0.2, 0.25) is 0 Å². The predicted molar refractivity (Wildman–Crippen MR) is 60.0 cm³/mol. The molecule has 0 atom stereocenters. The van der Waals surface area contributed by atoms with Crippen LogP contribution in [0.1, 0.15) is 31.7 Å². The van der Waals surface area contributed by atoms with Crippen LogP contribution in [0, 0.1) is 0 Å². The van der Waals surface area contributed by atoms with E-state index in [-0.39, 0.29) is 0 Å². The SMILES string of the molecule is CCC(=O)CCC=Cc1ccccc1. The molecular weight excluding hydrogens is 172 g/mol. The molecule has 0 fully saturated rings. The minimum atomic E-state index is 0.336. The summed E-state index contributed by atoms with van der Waals surface area (Å²) in [6.45, 7) is 1.91. The monoisotopic (exact) mass is 188 g/mol. The summed E-state index contributed by atoms with van der Waals surface area (Å²) < 4.78 is 0. The molecule has 0 saturated carbocycles. The molecule has 0 bridgehead atoms. The first kappa shape index (κ1) is 10.7. The van der Waals surface area contributed by atoms with E-state index in [1.54, 1.807) is 0 Å². The number of Topliss-reactive ketones (excluding diaryl/α,β-unsaturated/α-hetero) is 1. The number of carbonyl (C=O) groups excluding carboxylic acids is 1. The van der Waals surface area contributed by atoms with Gasteiger partial charge in [-0.15, -0.1) is 0 Å². The highest BCUT2D eigenvalue weighted by Crippen LogP contribution is 2.03. The topological polar surface area (TPSA) is 17.1 Å². The standard InChI is InChI=1S/C13H16O/c1-2-13(14)11-7-6-10-12-8-4-3-5-9-12/h3-6,8-10H,2,7,11H2,1H3. The summed E-state index contributed by atoms with van der Waals surface area (Å²) in [5.74, 6) is 0.336. The molecule has 0 radical (unpaired) electrons. The molecule has 0 saturated heterocycles. The summed E-state index contributed by atoms with van der Waals surface area (Å²) in [5.41, 5.74) is 1.19. The van der Waals surface area contributed by atoms with E-state index in [1.807, 2.05) is 25.1 Å². The van der Waals surface area contributed by atoms with E-state index in [2.05, 4.69) is 24.3 Å². The van der Waals surface area contributed by atoms with Crippen LogP contribution in [0.2, 0.25) is 0 Å². The highest BCUT2D eigenvalue weighted by Gasteiger charge is 1.93. The lowest BCUT2D eigenvalue weighted by Crippen LogP contribution is -1.92. The third-order valence-corrected chi connectivity index (χ3v) is 2.09. The van der Waals surface area contributed by atoms with E-state index in [4.69, 9.17) is 0 Å². The van der Waals surface area contributed by atoms with Crippen molar-refractivity contribution in [2.75, 3.05) is 0 Å². The first-order valence-electron chi connectivity index (χ1n) is 5.06. The van der Waals surface area contributed by atoms with Gasteiger partial charge in [-0.2, -0.15) is 0 Å². The van der Waals surface area contributed by atoms with Crippen molar-refractivity contribution >= 4 is 11.9 Å². The average Bonchev–Trinajstić information content (AvgIpc) is 2.25. The van der Waals surface area contributed by atoms with E-state index in [1.165, 1.54) is 5.56 Å². The van der Waals surface area contributed by atoms with E-state index >= 15 is 0 Å². The van der Waals surface area contributed by atoms with Crippen molar-refractivity contribution in [2.45, 2.75) is 26.2 Å². The van der Waals surface area contributed by atoms with Crippen molar-refractivity contribution in [1.29, 1.82) is 0 Å². The Morgan fingerprint density at radius 2 is 2.00 bits per heavy atom. The molecule has 0 aromatic heterocycles. The summed E-state index contributed by atoms with van der Waals surface area (Å²) in [6, 6.07) is 10.1. The molecule has 0 unspecified atom stereocenters. The van der Waals surface area contributed by atoms with Crippen molar-refractivity contribution in [3.8, 4) is 0 Å². The summed E-state index contributed by atoms with van der Waals surface area (Å²) in [6.07, 6.45) is 6.28. The molecule has 0 aliphatic rings. The number of carbonyl (C=O) groups is 1. The van der Waals surface area contributed by atoms with Crippen LogP contribution in [0.25, 0.3) is 6.08 Å². The van der Waals surface area contributed by atoms with Crippen molar-refractivity contribution in [2.24, 2.45) is 0 Å². The third kappa shape index (κ3) is 4.04. The van der Waals surface area contributed by atoms with Crippen LogP contribution in [-0.4, -0.2) is 5.78 Å². The van der Waals surface area contributed by atoms with Crippen LogP contribution in [0.15, 0.2) is 36.4 Å². The van der Waals surface area contributed by atoms with E-state index in [9.17, 15) is 4.79 Å². The molecule has 0 heterocycles. The first-order valence-corrected chi connectivity index (χ1v) is 5.06. The maximum atomic E-state index is 11.0. The van der Waals surface area contributed by atoms with Crippen LogP contribution >= 0.6 is 0 Å². The zero-order valence-electron chi connectivity index (χ0n) is 8.57. The first-order chi connectivity index (χ1) is 6.83. The zero-order valence-corrected chi connectivity index (χ0v) is 8.57.